The summed E-state index contributed by atoms with van der Waals surface area (Å²) in [5, 5.41) is 17.0. The Kier molecular flexibility index (Phi) is 3.87. The van der Waals surface area contributed by atoms with Crippen molar-refractivity contribution in [3.05, 3.63) is 11.4 Å². The van der Waals surface area contributed by atoms with Crippen LogP contribution in [-0.4, -0.2) is 33.3 Å². The van der Waals surface area contributed by atoms with Crippen molar-refractivity contribution in [2.45, 2.75) is 38.5 Å². The quantitative estimate of drug-likeness (QED) is 0.736. The first-order valence-corrected chi connectivity index (χ1v) is 5.71. The molecule has 1 aliphatic rings. The molecule has 1 atom stereocenters. The zero-order chi connectivity index (χ0) is 11.4. The number of aryl methyl sites for hydroxylation is 1. The van der Waals surface area contributed by atoms with Gasteiger partial charge in [0.1, 0.15) is 11.8 Å². The minimum Gasteiger partial charge on any atom is -0.396 e. The molecule has 0 aliphatic carbocycles. The van der Waals surface area contributed by atoms with Gasteiger partial charge < -0.3 is 15.6 Å². The van der Waals surface area contributed by atoms with Crippen LogP contribution in [0.1, 0.15) is 36.8 Å². The number of ether oxygens (including phenoxy) is 1. The van der Waals surface area contributed by atoms with E-state index < -0.39 is 0 Å². The lowest BCUT2D eigenvalue weighted by molar-refractivity contribution is 0.103. The fourth-order valence-electron chi connectivity index (χ4n) is 2.03. The van der Waals surface area contributed by atoms with Crippen molar-refractivity contribution < 1.29 is 9.84 Å². The Labute approximate surface area is 94.4 Å². The van der Waals surface area contributed by atoms with Gasteiger partial charge in [-0.2, -0.15) is 0 Å². The molecule has 16 heavy (non-hydrogen) atoms. The smallest absolute Gasteiger partial charge is 0.102 e. The summed E-state index contributed by atoms with van der Waals surface area (Å²) >= 11 is 0. The molecule has 0 bridgehead atoms. The van der Waals surface area contributed by atoms with Crippen molar-refractivity contribution in [1.82, 2.24) is 15.0 Å². The third-order valence-electron chi connectivity index (χ3n) is 2.80. The second-order valence-electron chi connectivity index (χ2n) is 3.93. The Hall–Kier alpha value is -0.980. The van der Waals surface area contributed by atoms with E-state index in [1.165, 1.54) is 0 Å². The largest absolute Gasteiger partial charge is 0.396 e. The molecule has 1 unspecified atom stereocenters. The number of aliphatic hydroxyl groups is 1. The van der Waals surface area contributed by atoms with Crippen LogP contribution in [0.4, 0.5) is 0 Å². The highest BCUT2D eigenvalue weighted by Crippen LogP contribution is 2.29. The van der Waals surface area contributed by atoms with Crippen molar-refractivity contribution in [3.8, 4) is 0 Å². The third kappa shape index (κ3) is 2.23. The Morgan fingerprint density at radius 1 is 1.56 bits per heavy atom. The SMILES string of the molecule is NCc1nnn(CCCO)c1C1CCCO1. The zero-order valence-electron chi connectivity index (χ0n) is 9.30. The number of hydrogen-bond donors (Lipinski definition) is 2. The van der Waals surface area contributed by atoms with E-state index in [1.54, 1.807) is 0 Å². The highest BCUT2D eigenvalue weighted by atomic mass is 16.5. The Bertz CT molecular complexity index is 334. The van der Waals surface area contributed by atoms with Gasteiger partial charge >= 0.3 is 0 Å². The second-order valence-corrected chi connectivity index (χ2v) is 3.93. The zero-order valence-corrected chi connectivity index (χ0v) is 9.30. The van der Waals surface area contributed by atoms with E-state index in [9.17, 15) is 0 Å². The van der Waals surface area contributed by atoms with Crippen molar-refractivity contribution in [3.63, 3.8) is 0 Å². The van der Waals surface area contributed by atoms with Crippen molar-refractivity contribution in [2.75, 3.05) is 13.2 Å². The molecule has 1 aromatic heterocycles. The Morgan fingerprint density at radius 3 is 3.06 bits per heavy atom. The topological polar surface area (TPSA) is 86.2 Å². The van der Waals surface area contributed by atoms with E-state index in [-0.39, 0.29) is 12.7 Å². The van der Waals surface area contributed by atoms with Gasteiger partial charge in [0.15, 0.2) is 0 Å². The van der Waals surface area contributed by atoms with E-state index in [0.29, 0.717) is 19.5 Å². The van der Waals surface area contributed by atoms with Crippen molar-refractivity contribution in [1.29, 1.82) is 0 Å². The summed E-state index contributed by atoms with van der Waals surface area (Å²) in [6.07, 6.45) is 2.82. The summed E-state index contributed by atoms with van der Waals surface area (Å²) in [4.78, 5) is 0. The van der Waals surface area contributed by atoms with Crippen LogP contribution in [0.15, 0.2) is 0 Å². The lowest BCUT2D eigenvalue weighted by Gasteiger charge is -2.12. The van der Waals surface area contributed by atoms with Gasteiger partial charge in [0.2, 0.25) is 0 Å². The molecular formula is C10H18N4O2. The summed E-state index contributed by atoms with van der Waals surface area (Å²) < 4.78 is 7.46. The second kappa shape index (κ2) is 5.38. The van der Waals surface area contributed by atoms with Gasteiger partial charge in [-0.15, -0.1) is 5.10 Å². The van der Waals surface area contributed by atoms with Crippen LogP contribution >= 0.6 is 0 Å². The average Bonchev–Trinajstić information content (AvgIpc) is 2.94. The van der Waals surface area contributed by atoms with Gasteiger partial charge in [0, 0.05) is 26.3 Å². The minimum atomic E-state index is 0.0762. The lowest BCUT2D eigenvalue weighted by Crippen LogP contribution is -2.12. The Balaban J connectivity index is 2.19. The standard InChI is InChI=1S/C10H18N4O2/c11-7-8-10(9-3-1-6-16-9)14(13-12-8)4-2-5-15/h9,15H,1-7,11H2. The molecule has 0 spiro atoms. The minimum absolute atomic E-state index is 0.0762. The molecule has 2 heterocycles. The maximum Gasteiger partial charge on any atom is 0.102 e. The van der Waals surface area contributed by atoms with Crippen LogP contribution in [0.3, 0.4) is 0 Å². The molecule has 0 aromatic carbocycles. The lowest BCUT2D eigenvalue weighted by atomic mass is 10.1. The maximum atomic E-state index is 8.83. The van der Waals surface area contributed by atoms with Crippen molar-refractivity contribution >= 4 is 0 Å². The van der Waals surface area contributed by atoms with E-state index in [2.05, 4.69) is 10.3 Å². The first-order valence-electron chi connectivity index (χ1n) is 5.71. The monoisotopic (exact) mass is 226 g/mol. The number of aromatic nitrogens is 3. The highest BCUT2D eigenvalue weighted by Gasteiger charge is 2.25. The number of aliphatic hydroxyl groups excluding tert-OH is 1. The third-order valence-corrected chi connectivity index (χ3v) is 2.80. The van der Waals surface area contributed by atoms with E-state index in [1.807, 2.05) is 4.68 Å². The van der Waals surface area contributed by atoms with Crippen LogP contribution in [0.5, 0.6) is 0 Å². The molecule has 1 aromatic rings. The van der Waals surface area contributed by atoms with E-state index in [0.717, 1.165) is 30.8 Å². The summed E-state index contributed by atoms with van der Waals surface area (Å²) in [5.41, 5.74) is 7.44. The first-order chi connectivity index (χ1) is 7.86. The predicted octanol–water partition coefficient (Wildman–Crippen LogP) is -0.0293. The van der Waals surface area contributed by atoms with Crippen LogP contribution in [0.2, 0.25) is 0 Å². The van der Waals surface area contributed by atoms with E-state index >= 15 is 0 Å². The average molecular weight is 226 g/mol. The molecule has 1 aliphatic heterocycles. The van der Waals surface area contributed by atoms with Crippen LogP contribution in [0.25, 0.3) is 0 Å². The van der Waals surface area contributed by atoms with Crippen LogP contribution in [-0.2, 0) is 17.8 Å². The molecule has 6 nitrogen and oxygen atoms in total. The van der Waals surface area contributed by atoms with Gasteiger partial charge in [0.25, 0.3) is 0 Å². The molecule has 0 amide bonds. The first kappa shape index (κ1) is 11.5. The number of rotatable bonds is 5. The Morgan fingerprint density at radius 2 is 2.44 bits per heavy atom. The number of hydrogen-bond acceptors (Lipinski definition) is 5. The summed E-state index contributed by atoms with van der Waals surface area (Å²) in [7, 11) is 0. The van der Waals surface area contributed by atoms with E-state index in [4.69, 9.17) is 15.6 Å². The normalized spacial score (nSPS) is 20.5. The summed E-state index contributed by atoms with van der Waals surface area (Å²) in [5.74, 6) is 0. The van der Waals surface area contributed by atoms with Gasteiger partial charge in [0.05, 0.1) is 5.69 Å². The molecule has 0 saturated carbocycles. The fourth-order valence-corrected chi connectivity index (χ4v) is 2.03. The summed E-state index contributed by atoms with van der Waals surface area (Å²) in [6, 6.07) is 0. The number of nitrogens with zero attached hydrogens (tertiary/aromatic N) is 3. The predicted molar refractivity (Wildman–Crippen MR) is 57.5 cm³/mol. The van der Waals surface area contributed by atoms with Crippen LogP contribution in [0, 0.1) is 0 Å². The van der Waals surface area contributed by atoms with Gasteiger partial charge in [-0.1, -0.05) is 5.21 Å². The molecule has 90 valence electrons. The molecule has 0 radical (unpaired) electrons. The van der Waals surface area contributed by atoms with Gasteiger partial charge in [-0.25, -0.2) is 4.68 Å². The van der Waals surface area contributed by atoms with Crippen molar-refractivity contribution in [2.24, 2.45) is 5.73 Å². The highest BCUT2D eigenvalue weighted by molar-refractivity contribution is 5.14. The maximum absolute atomic E-state index is 8.83. The van der Waals surface area contributed by atoms with Gasteiger partial charge in [-0.05, 0) is 19.3 Å². The van der Waals surface area contributed by atoms with Crippen LogP contribution < -0.4 is 5.73 Å². The summed E-state index contributed by atoms with van der Waals surface area (Å²) in [6.45, 7) is 2.00. The molecule has 6 heteroatoms. The number of nitrogens with two attached hydrogens (primary N) is 1. The molecule has 2 rings (SSSR count). The molecule has 1 saturated heterocycles. The molecule has 3 N–H and O–H groups in total. The van der Waals surface area contributed by atoms with Gasteiger partial charge in [-0.3, -0.25) is 0 Å². The fraction of sp³-hybridized carbons (Fsp3) is 0.800. The molecule has 1 fully saturated rings. The molecular weight excluding hydrogens is 208 g/mol.